The van der Waals surface area contributed by atoms with Crippen molar-refractivity contribution in [2.24, 2.45) is 0 Å². The molecule has 3 aromatic heterocycles. The molecule has 1 N–H and O–H groups in total. The predicted molar refractivity (Wildman–Crippen MR) is 87.1 cm³/mol. The molecular formula is C16H12F3N5O4. The summed E-state index contributed by atoms with van der Waals surface area (Å²) in [6, 6.07) is 4.35. The van der Waals surface area contributed by atoms with E-state index in [1.54, 1.807) is 6.07 Å². The van der Waals surface area contributed by atoms with E-state index in [1.165, 1.54) is 37.8 Å². The van der Waals surface area contributed by atoms with Gasteiger partial charge in [-0.2, -0.15) is 18.2 Å². The van der Waals surface area contributed by atoms with E-state index in [2.05, 4.69) is 29.9 Å². The van der Waals surface area contributed by atoms with Crippen LogP contribution in [0.5, 0.6) is 5.75 Å². The lowest BCUT2D eigenvalue weighted by Gasteiger charge is -2.09. The van der Waals surface area contributed by atoms with Crippen molar-refractivity contribution in [3.05, 3.63) is 48.2 Å². The van der Waals surface area contributed by atoms with Crippen molar-refractivity contribution in [1.82, 2.24) is 20.1 Å². The molecule has 0 saturated carbocycles. The number of pyridine rings is 2. The molecule has 0 fully saturated rings. The maximum absolute atomic E-state index is 12.5. The third kappa shape index (κ3) is 4.52. The standard InChI is InChI=1S/C16H12F3N5O4/c1-26-12-4-5-20-6-9(12)8-27-15(25)22-10-2-3-11(21-7-10)13-23-14(28-24-13)16(17,18)19/h2-7H,8H2,1H3,(H,22,25). The number of hydrogen-bond donors (Lipinski definition) is 1. The van der Waals surface area contributed by atoms with Crippen LogP contribution in [0.25, 0.3) is 11.5 Å². The summed E-state index contributed by atoms with van der Waals surface area (Å²) in [6.07, 6.45) is -1.25. The second kappa shape index (κ2) is 7.90. The molecule has 0 saturated heterocycles. The summed E-state index contributed by atoms with van der Waals surface area (Å²) < 4.78 is 51.8. The van der Waals surface area contributed by atoms with Crippen LogP contribution in [0.3, 0.4) is 0 Å². The molecular weight excluding hydrogens is 383 g/mol. The number of aromatic nitrogens is 4. The Bertz CT molecular complexity index is 959. The van der Waals surface area contributed by atoms with Gasteiger partial charge in [0, 0.05) is 18.0 Å². The van der Waals surface area contributed by atoms with Gasteiger partial charge < -0.3 is 14.0 Å². The van der Waals surface area contributed by atoms with Crippen molar-refractivity contribution in [2.75, 3.05) is 12.4 Å². The Hall–Kier alpha value is -3.70. The Morgan fingerprint density at radius 1 is 1.25 bits per heavy atom. The van der Waals surface area contributed by atoms with Gasteiger partial charge in [0.05, 0.1) is 19.0 Å². The van der Waals surface area contributed by atoms with Crippen molar-refractivity contribution in [2.45, 2.75) is 12.8 Å². The third-order valence-corrected chi connectivity index (χ3v) is 3.35. The molecule has 0 aliphatic carbocycles. The molecule has 0 atom stereocenters. The van der Waals surface area contributed by atoms with Gasteiger partial charge >= 0.3 is 18.2 Å². The molecule has 3 heterocycles. The highest BCUT2D eigenvalue weighted by molar-refractivity contribution is 5.84. The largest absolute Gasteiger partial charge is 0.496 e. The number of carbonyl (C=O) groups is 1. The topological polar surface area (TPSA) is 112 Å². The summed E-state index contributed by atoms with van der Waals surface area (Å²) in [5.74, 6) is -1.28. The van der Waals surface area contributed by atoms with Crippen LogP contribution in [0, 0.1) is 0 Å². The van der Waals surface area contributed by atoms with E-state index in [9.17, 15) is 18.0 Å². The third-order valence-electron chi connectivity index (χ3n) is 3.35. The number of nitrogens with one attached hydrogen (secondary N) is 1. The van der Waals surface area contributed by atoms with Crippen LogP contribution < -0.4 is 10.1 Å². The molecule has 0 aliphatic heterocycles. The second-order valence-corrected chi connectivity index (χ2v) is 5.24. The van der Waals surface area contributed by atoms with Crippen LogP contribution in [-0.4, -0.2) is 33.3 Å². The van der Waals surface area contributed by atoms with E-state index >= 15 is 0 Å². The lowest BCUT2D eigenvalue weighted by Crippen LogP contribution is -2.14. The van der Waals surface area contributed by atoms with Crippen LogP contribution in [0.2, 0.25) is 0 Å². The van der Waals surface area contributed by atoms with Gasteiger partial charge in [0.2, 0.25) is 5.82 Å². The molecule has 3 rings (SSSR count). The molecule has 0 aliphatic rings. The van der Waals surface area contributed by atoms with Gasteiger partial charge in [-0.25, -0.2) is 4.79 Å². The zero-order valence-electron chi connectivity index (χ0n) is 14.2. The number of methoxy groups -OCH3 is 1. The maximum atomic E-state index is 12.5. The molecule has 0 radical (unpaired) electrons. The van der Waals surface area contributed by atoms with Gasteiger partial charge in [-0.15, -0.1) is 0 Å². The maximum Gasteiger partial charge on any atom is 0.471 e. The number of alkyl halides is 3. The predicted octanol–water partition coefficient (Wildman–Crippen LogP) is 3.30. The summed E-state index contributed by atoms with van der Waals surface area (Å²) in [4.78, 5) is 22.9. The molecule has 9 nitrogen and oxygen atoms in total. The van der Waals surface area contributed by atoms with E-state index in [4.69, 9.17) is 9.47 Å². The van der Waals surface area contributed by atoms with Crippen molar-refractivity contribution in [3.63, 3.8) is 0 Å². The molecule has 3 aromatic rings. The number of rotatable bonds is 5. The van der Waals surface area contributed by atoms with E-state index in [0.717, 1.165) is 0 Å². The minimum Gasteiger partial charge on any atom is -0.496 e. The summed E-state index contributed by atoms with van der Waals surface area (Å²) in [5, 5.41) is 5.65. The monoisotopic (exact) mass is 395 g/mol. The van der Waals surface area contributed by atoms with Crippen LogP contribution in [0.1, 0.15) is 11.5 Å². The second-order valence-electron chi connectivity index (χ2n) is 5.24. The number of carbonyl (C=O) groups excluding carboxylic acids is 1. The smallest absolute Gasteiger partial charge is 0.471 e. The Balaban J connectivity index is 1.59. The number of nitrogens with zero attached hydrogens (tertiary/aromatic N) is 4. The zero-order valence-corrected chi connectivity index (χ0v) is 14.2. The lowest BCUT2D eigenvalue weighted by molar-refractivity contribution is -0.159. The van der Waals surface area contributed by atoms with Gasteiger partial charge in [-0.1, -0.05) is 5.16 Å². The molecule has 0 unspecified atom stereocenters. The van der Waals surface area contributed by atoms with Crippen molar-refractivity contribution < 1.29 is 32.0 Å². The van der Waals surface area contributed by atoms with Crippen LogP contribution in [0.4, 0.5) is 23.7 Å². The average Bonchev–Trinajstić information content (AvgIpc) is 3.18. The first kappa shape index (κ1) is 19.1. The first-order valence-electron chi connectivity index (χ1n) is 7.65. The van der Waals surface area contributed by atoms with Gasteiger partial charge in [-0.05, 0) is 18.2 Å². The highest BCUT2D eigenvalue weighted by atomic mass is 19.4. The molecule has 12 heteroatoms. The Kier molecular flexibility index (Phi) is 5.38. The van der Waals surface area contributed by atoms with E-state index in [1.807, 2.05) is 0 Å². The van der Waals surface area contributed by atoms with Crippen LogP contribution in [0.15, 0.2) is 41.3 Å². The van der Waals surface area contributed by atoms with Gasteiger partial charge in [0.1, 0.15) is 18.1 Å². The summed E-state index contributed by atoms with van der Waals surface area (Å²) >= 11 is 0. The fourth-order valence-electron chi connectivity index (χ4n) is 2.06. The summed E-state index contributed by atoms with van der Waals surface area (Å²) in [6.45, 7) is -0.0720. The molecule has 146 valence electrons. The summed E-state index contributed by atoms with van der Waals surface area (Å²) in [7, 11) is 1.48. The van der Waals surface area contributed by atoms with E-state index in [0.29, 0.717) is 11.3 Å². The Labute approximate surface area is 155 Å². The Morgan fingerprint density at radius 3 is 2.71 bits per heavy atom. The quantitative estimate of drug-likeness (QED) is 0.700. The lowest BCUT2D eigenvalue weighted by atomic mass is 10.3. The molecule has 0 spiro atoms. The van der Waals surface area contributed by atoms with Crippen molar-refractivity contribution in [1.29, 1.82) is 0 Å². The minimum absolute atomic E-state index is 0.0401. The minimum atomic E-state index is -4.74. The van der Waals surface area contributed by atoms with Crippen molar-refractivity contribution in [3.8, 4) is 17.3 Å². The summed E-state index contributed by atoms with van der Waals surface area (Å²) in [5.41, 5.74) is 0.871. The highest BCUT2D eigenvalue weighted by Crippen LogP contribution is 2.29. The SMILES string of the molecule is COc1ccncc1COC(=O)Nc1ccc(-c2noc(C(F)(F)F)n2)nc1. The molecule has 28 heavy (non-hydrogen) atoms. The average molecular weight is 395 g/mol. The van der Waals surface area contributed by atoms with Gasteiger partial charge in [0.15, 0.2) is 0 Å². The van der Waals surface area contributed by atoms with Gasteiger partial charge in [-0.3, -0.25) is 15.3 Å². The number of ether oxygens (including phenoxy) is 2. The first-order valence-corrected chi connectivity index (χ1v) is 7.65. The molecule has 0 aromatic carbocycles. The fraction of sp³-hybridized carbons (Fsp3) is 0.188. The number of halogens is 3. The van der Waals surface area contributed by atoms with Crippen LogP contribution >= 0.6 is 0 Å². The highest BCUT2D eigenvalue weighted by Gasteiger charge is 2.38. The number of amides is 1. The zero-order chi connectivity index (χ0) is 20.1. The van der Waals surface area contributed by atoms with Crippen molar-refractivity contribution >= 4 is 11.8 Å². The fourth-order valence-corrected chi connectivity index (χ4v) is 2.06. The molecule has 1 amide bonds. The van der Waals surface area contributed by atoms with Crippen LogP contribution in [-0.2, 0) is 17.5 Å². The first-order chi connectivity index (χ1) is 13.4. The van der Waals surface area contributed by atoms with Gasteiger partial charge in [0.25, 0.3) is 0 Å². The van der Waals surface area contributed by atoms with E-state index in [-0.39, 0.29) is 23.8 Å². The Morgan fingerprint density at radius 2 is 2.07 bits per heavy atom. The van der Waals surface area contributed by atoms with E-state index < -0.39 is 18.2 Å². The normalized spacial score (nSPS) is 11.1. The number of anilines is 1. The number of hydrogen-bond acceptors (Lipinski definition) is 8. The molecule has 0 bridgehead atoms.